The number of rotatable bonds is 5. The SMILES string of the molecule is N#Cc1ccc(-c2ccc(C/C=C/C=C/C(=O)O)cc2)cn1. The lowest BCUT2D eigenvalue weighted by molar-refractivity contribution is -0.131. The number of carboxylic acid groups (broad SMARTS) is 1. The molecule has 1 N–H and O–H groups in total. The first-order chi connectivity index (χ1) is 10.7. The molecule has 0 aliphatic rings. The third-order valence-electron chi connectivity index (χ3n) is 3.00. The quantitative estimate of drug-likeness (QED) is 0.677. The molecule has 1 aromatic heterocycles. The molecule has 0 unspecified atom stereocenters. The van der Waals surface area contributed by atoms with Crippen molar-refractivity contribution >= 4 is 5.97 Å². The molecule has 4 heteroatoms. The summed E-state index contributed by atoms with van der Waals surface area (Å²) in [5, 5.41) is 17.2. The number of pyridine rings is 1. The number of hydrogen-bond donors (Lipinski definition) is 1. The number of carbonyl (C=O) groups is 1. The first kappa shape index (κ1) is 15.2. The van der Waals surface area contributed by atoms with Gasteiger partial charge < -0.3 is 5.11 Å². The third kappa shape index (κ3) is 4.43. The Morgan fingerprint density at radius 3 is 2.45 bits per heavy atom. The Kier molecular flexibility index (Phi) is 5.22. The zero-order chi connectivity index (χ0) is 15.8. The zero-order valence-corrected chi connectivity index (χ0v) is 11.8. The van der Waals surface area contributed by atoms with Crippen molar-refractivity contribution in [2.45, 2.75) is 6.42 Å². The van der Waals surface area contributed by atoms with Gasteiger partial charge in [0.05, 0.1) is 0 Å². The minimum atomic E-state index is -0.954. The molecular weight excluding hydrogens is 276 g/mol. The van der Waals surface area contributed by atoms with Gasteiger partial charge in [-0.05, 0) is 29.7 Å². The second-order valence-corrected chi connectivity index (χ2v) is 4.57. The van der Waals surface area contributed by atoms with Crippen molar-refractivity contribution < 1.29 is 9.90 Å². The molecule has 108 valence electrons. The van der Waals surface area contributed by atoms with Gasteiger partial charge in [-0.1, -0.05) is 42.5 Å². The molecule has 0 atom stereocenters. The third-order valence-corrected chi connectivity index (χ3v) is 3.00. The Bertz CT molecular complexity index is 736. The van der Waals surface area contributed by atoms with Crippen LogP contribution in [0.1, 0.15) is 11.3 Å². The fraction of sp³-hybridized carbons (Fsp3) is 0.0556. The van der Waals surface area contributed by atoms with Gasteiger partial charge in [0.1, 0.15) is 11.8 Å². The molecule has 0 aliphatic carbocycles. The Labute approximate surface area is 128 Å². The maximum Gasteiger partial charge on any atom is 0.328 e. The van der Waals surface area contributed by atoms with Gasteiger partial charge in [0.2, 0.25) is 0 Å². The van der Waals surface area contributed by atoms with Gasteiger partial charge >= 0.3 is 5.97 Å². The molecule has 0 bridgehead atoms. The van der Waals surface area contributed by atoms with E-state index in [9.17, 15) is 4.79 Å². The van der Waals surface area contributed by atoms with Gasteiger partial charge in [0.25, 0.3) is 0 Å². The van der Waals surface area contributed by atoms with Crippen molar-refractivity contribution in [1.29, 1.82) is 5.26 Å². The van der Waals surface area contributed by atoms with Crippen molar-refractivity contribution in [2.75, 3.05) is 0 Å². The fourth-order valence-electron chi connectivity index (χ4n) is 1.88. The first-order valence-corrected chi connectivity index (χ1v) is 6.70. The molecule has 0 aliphatic heterocycles. The highest BCUT2D eigenvalue weighted by atomic mass is 16.4. The van der Waals surface area contributed by atoms with Gasteiger partial charge in [-0.3, -0.25) is 0 Å². The lowest BCUT2D eigenvalue weighted by Crippen LogP contribution is -1.86. The van der Waals surface area contributed by atoms with Crippen molar-refractivity contribution in [1.82, 2.24) is 4.98 Å². The zero-order valence-electron chi connectivity index (χ0n) is 11.8. The molecular formula is C18H14N2O2. The molecule has 22 heavy (non-hydrogen) atoms. The Hall–Kier alpha value is -3.19. The Morgan fingerprint density at radius 2 is 1.86 bits per heavy atom. The summed E-state index contributed by atoms with van der Waals surface area (Å²) in [7, 11) is 0. The maximum absolute atomic E-state index is 10.3. The molecule has 0 fully saturated rings. The van der Waals surface area contributed by atoms with E-state index >= 15 is 0 Å². The van der Waals surface area contributed by atoms with Gasteiger partial charge in [0.15, 0.2) is 0 Å². The highest BCUT2D eigenvalue weighted by molar-refractivity contribution is 5.80. The van der Waals surface area contributed by atoms with Crippen LogP contribution in [0.4, 0.5) is 0 Å². The summed E-state index contributed by atoms with van der Waals surface area (Å²) in [4.78, 5) is 14.4. The van der Waals surface area contributed by atoms with Crippen LogP contribution in [-0.2, 0) is 11.2 Å². The van der Waals surface area contributed by atoms with Crippen molar-refractivity contribution in [2.24, 2.45) is 0 Å². The number of aliphatic carboxylic acids is 1. The highest BCUT2D eigenvalue weighted by Gasteiger charge is 1.99. The van der Waals surface area contributed by atoms with Crippen molar-refractivity contribution in [3.8, 4) is 17.2 Å². The van der Waals surface area contributed by atoms with Crippen LogP contribution in [0.2, 0.25) is 0 Å². The van der Waals surface area contributed by atoms with Crippen LogP contribution in [0.3, 0.4) is 0 Å². The fourth-order valence-corrected chi connectivity index (χ4v) is 1.88. The predicted octanol–water partition coefficient (Wildman–Crippen LogP) is 3.36. The molecule has 0 saturated carbocycles. The smallest absolute Gasteiger partial charge is 0.328 e. The molecule has 4 nitrogen and oxygen atoms in total. The van der Waals surface area contributed by atoms with E-state index in [2.05, 4.69) is 4.98 Å². The first-order valence-electron chi connectivity index (χ1n) is 6.70. The number of aromatic nitrogens is 1. The van der Waals surface area contributed by atoms with Gasteiger partial charge in [-0.2, -0.15) is 5.26 Å². The lowest BCUT2D eigenvalue weighted by Gasteiger charge is -2.02. The Balaban J connectivity index is 2.00. The minimum Gasteiger partial charge on any atom is -0.478 e. The number of allylic oxidation sites excluding steroid dienone is 3. The van der Waals surface area contributed by atoms with E-state index in [1.807, 2.05) is 42.5 Å². The van der Waals surface area contributed by atoms with E-state index in [0.29, 0.717) is 5.69 Å². The summed E-state index contributed by atoms with van der Waals surface area (Å²) < 4.78 is 0. The Morgan fingerprint density at radius 1 is 1.14 bits per heavy atom. The van der Waals surface area contributed by atoms with E-state index in [1.54, 1.807) is 18.3 Å². The van der Waals surface area contributed by atoms with Crippen LogP contribution < -0.4 is 0 Å². The number of benzene rings is 1. The topological polar surface area (TPSA) is 74.0 Å². The van der Waals surface area contributed by atoms with Gasteiger partial charge in [0, 0.05) is 17.8 Å². The van der Waals surface area contributed by atoms with E-state index in [0.717, 1.165) is 29.2 Å². The average Bonchev–Trinajstić information content (AvgIpc) is 2.55. The number of nitrogens with zero attached hydrogens (tertiary/aromatic N) is 2. The van der Waals surface area contributed by atoms with Crippen LogP contribution in [0.5, 0.6) is 0 Å². The van der Waals surface area contributed by atoms with Crippen LogP contribution in [-0.4, -0.2) is 16.1 Å². The van der Waals surface area contributed by atoms with Gasteiger partial charge in [-0.15, -0.1) is 0 Å². The second kappa shape index (κ2) is 7.55. The van der Waals surface area contributed by atoms with Crippen LogP contribution >= 0.6 is 0 Å². The standard InChI is InChI=1S/C18H14N2O2/c19-12-17-11-10-16(13-20-17)15-8-6-14(7-9-15)4-2-1-3-5-18(21)22/h1-3,5-11,13H,4H2,(H,21,22)/b2-1+,5-3+. The second-order valence-electron chi connectivity index (χ2n) is 4.57. The lowest BCUT2D eigenvalue weighted by atomic mass is 10.0. The molecule has 2 aromatic rings. The molecule has 0 radical (unpaired) electrons. The molecule has 1 aromatic carbocycles. The summed E-state index contributed by atoms with van der Waals surface area (Å²) >= 11 is 0. The molecule has 1 heterocycles. The van der Waals surface area contributed by atoms with E-state index in [4.69, 9.17) is 10.4 Å². The summed E-state index contributed by atoms with van der Waals surface area (Å²) in [5.41, 5.74) is 3.53. The van der Waals surface area contributed by atoms with Gasteiger partial charge in [-0.25, -0.2) is 9.78 Å². The molecule has 0 amide bonds. The molecule has 0 spiro atoms. The van der Waals surface area contributed by atoms with E-state index < -0.39 is 5.97 Å². The summed E-state index contributed by atoms with van der Waals surface area (Å²) in [6.45, 7) is 0. The van der Waals surface area contributed by atoms with E-state index in [-0.39, 0.29) is 0 Å². The monoisotopic (exact) mass is 290 g/mol. The molecule has 0 saturated heterocycles. The summed E-state index contributed by atoms with van der Waals surface area (Å²) in [6, 6.07) is 13.6. The average molecular weight is 290 g/mol. The van der Waals surface area contributed by atoms with E-state index in [1.165, 1.54) is 6.08 Å². The minimum absolute atomic E-state index is 0.403. The van der Waals surface area contributed by atoms with Crippen molar-refractivity contribution in [3.05, 3.63) is 78.2 Å². The maximum atomic E-state index is 10.3. The van der Waals surface area contributed by atoms with Crippen LogP contribution in [0, 0.1) is 11.3 Å². The van der Waals surface area contributed by atoms with Crippen LogP contribution in [0.15, 0.2) is 66.9 Å². The number of hydrogen-bond acceptors (Lipinski definition) is 3. The van der Waals surface area contributed by atoms with Crippen molar-refractivity contribution in [3.63, 3.8) is 0 Å². The highest BCUT2D eigenvalue weighted by Crippen LogP contribution is 2.19. The summed E-state index contributed by atoms with van der Waals surface area (Å²) in [6.07, 6.45) is 8.63. The number of nitriles is 1. The normalized spacial score (nSPS) is 10.9. The number of carboxylic acids is 1. The van der Waals surface area contributed by atoms with Crippen LogP contribution in [0.25, 0.3) is 11.1 Å². The summed E-state index contributed by atoms with van der Waals surface area (Å²) in [5.74, 6) is -0.954. The predicted molar refractivity (Wildman–Crippen MR) is 84.0 cm³/mol. The molecule has 2 rings (SSSR count). The largest absolute Gasteiger partial charge is 0.478 e.